The van der Waals surface area contributed by atoms with Crippen LogP contribution in [0.4, 0.5) is 5.69 Å². The van der Waals surface area contributed by atoms with E-state index in [9.17, 15) is 24.3 Å². The molecule has 0 radical (unpaired) electrons. The van der Waals surface area contributed by atoms with Gasteiger partial charge in [0.2, 0.25) is 0 Å². The Labute approximate surface area is 165 Å². The number of imide groups is 1. The van der Waals surface area contributed by atoms with Gasteiger partial charge in [-0.3, -0.25) is 19.3 Å². The molecule has 0 saturated heterocycles. The van der Waals surface area contributed by atoms with Gasteiger partial charge in [0.25, 0.3) is 17.7 Å². The minimum absolute atomic E-state index is 0.0993. The van der Waals surface area contributed by atoms with Crippen molar-refractivity contribution in [2.75, 3.05) is 25.6 Å². The van der Waals surface area contributed by atoms with Gasteiger partial charge in [0, 0.05) is 24.6 Å². The molecule has 0 unspecified atom stereocenters. The van der Waals surface area contributed by atoms with Gasteiger partial charge in [0.05, 0.1) is 18.2 Å². The van der Waals surface area contributed by atoms with E-state index in [0.29, 0.717) is 17.2 Å². The number of amides is 3. The molecule has 1 N–H and O–H groups in total. The van der Waals surface area contributed by atoms with Gasteiger partial charge < -0.3 is 24.7 Å². The summed E-state index contributed by atoms with van der Waals surface area (Å²) in [6, 6.07) is 11.0. The van der Waals surface area contributed by atoms with Crippen LogP contribution >= 0.6 is 0 Å². The van der Waals surface area contributed by atoms with Gasteiger partial charge in [-0.2, -0.15) is 0 Å². The van der Waals surface area contributed by atoms with E-state index >= 15 is 0 Å². The van der Waals surface area contributed by atoms with Crippen LogP contribution in [0.15, 0.2) is 42.5 Å². The van der Waals surface area contributed by atoms with Crippen molar-refractivity contribution in [2.45, 2.75) is 6.42 Å². The second kappa shape index (κ2) is 8.42. The van der Waals surface area contributed by atoms with E-state index in [4.69, 9.17) is 9.47 Å². The Morgan fingerprint density at radius 1 is 1.00 bits per heavy atom. The van der Waals surface area contributed by atoms with Gasteiger partial charge in [-0.25, -0.2) is 0 Å². The van der Waals surface area contributed by atoms with Gasteiger partial charge in [-0.05, 0) is 42.5 Å². The van der Waals surface area contributed by atoms with Crippen LogP contribution in [0.1, 0.15) is 27.1 Å². The first-order valence-corrected chi connectivity index (χ1v) is 8.66. The number of methoxy groups -OCH3 is 1. The molecule has 2 aromatic rings. The van der Waals surface area contributed by atoms with Crippen molar-refractivity contribution in [3.63, 3.8) is 0 Å². The molecule has 0 atom stereocenters. The third-order valence-electron chi connectivity index (χ3n) is 4.22. The Morgan fingerprint density at radius 3 is 2.31 bits per heavy atom. The number of anilines is 1. The Bertz CT molecular complexity index is 969. The maximum absolute atomic E-state index is 12.4. The second-order valence-corrected chi connectivity index (χ2v) is 6.16. The summed E-state index contributed by atoms with van der Waals surface area (Å²) in [5.74, 6) is -1.85. The van der Waals surface area contributed by atoms with Gasteiger partial charge in [0.15, 0.2) is 6.61 Å². The predicted octanol–water partition coefficient (Wildman–Crippen LogP) is 0.449. The van der Waals surface area contributed by atoms with E-state index in [0.717, 1.165) is 4.90 Å². The number of benzene rings is 2. The molecule has 0 aliphatic carbocycles. The van der Waals surface area contributed by atoms with E-state index in [1.54, 1.807) is 31.4 Å². The number of rotatable bonds is 8. The lowest BCUT2D eigenvalue weighted by atomic mass is 10.1. The van der Waals surface area contributed by atoms with Gasteiger partial charge >= 0.3 is 0 Å². The van der Waals surface area contributed by atoms with Crippen molar-refractivity contribution >= 4 is 29.4 Å². The predicted molar refractivity (Wildman–Crippen MR) is 98.6 cm³/mol. The summed E-state index contributed by atoms with van der Waals surface area (Å²) < 4.78 is 10.4. The second-order valence-electron chi connectivity index (χ2n) is 6.16. The van der Waals surface area contributed by atoms with Crippen molar-refractivity contribution in [1.82, 2.24) is 4.90 Å². The summed E-state index contributed by atoms with van der Waals surface area (Å²) in [4.78, 5) is 48.1. The quantitative estimate of drug-likeness (QED) is 0.641. The number of fused-ring (bicyclic) bond motifs is 1. The average molecular weight is 397 g/mol. The molecule has 3 amide bonds. The lowest BCUT2D eigenvalue weighted by Crippen LogP contribution is -2.34. The monoisotopic (exact) mass is 397 g/mol. The summed E-state index contributed by atoms with van der Waals surface area (Å²) in [5, 5.41) is 13.2. The highest BCUT2D eigenvalue weighted by Crippen LogP contribution is 2.26. The van der Waals surface area contributed by atoms with Gasteiger partial charge in [-0.15, -0.1) is 0 Å². The normalized spacial score (nSPS) is 12.5. The van der Waals surface area contributed by atoms with Gasteiger partial charge in [0.1, 0.15) is 11.5 Å². The zero-order chi connectivity index (χ0) is 21.0. The minimum Gasteiger partial charge on any atom is -0.550 e. The molecular formula is C20H17N2O7-. The molecule has 0 spiro atoms. The van der Waals surface area contributed by atoms with Crippen molar-refractivity contribution in [1.29, 1.82) is 0 Å². The average Bonchev–Trinajstić information content (AvgIpc) is 2.95. The fraction of sp³-hybridized carbons (Fsp3) is 0.200. The van der Waals surface area contributed by atoms with E-state index in [-0.39, 0.29) is 24.3 Å². The number of carbonyl (C=O) groups excluding carboxylic acids is 4. The van der Waals surface area contributed by atoms with Crippen molar-refractivity contribution in [3.05, 3.63) is 53.6 Å². The van der Waals surface area contributed by atoms with Crippen LogP contribution in [0, 0.1) is 0 Å². The van der Waals surface area contributed by atoms with E-state index in [2.05, 4.69) is 5.32 Å². The third-order valence-corrected chi connectivity index (χ3v) is 4.22. The van der Waals surface area contributed by atoms with Crippen LogP contribution in [-0.2, 0) is 9.59 Å². The molecule has 9 nitrogen and oxygen atoms in total. The van der Waals surface area contributed by atoms with Crippen LogP contribution < -0.4 is 19.9 Å². The topological polar surface area (TPSA) is 125 Å². The fourth-order valence-electron chi connectivity index (χ4n) is 2.79. The molecule has 1 aliphatic heterocycles. The summed E-state index contributed by atoms with van der Waals surface area (Å²) in [7, 11) is 1.54. The number of hydrogen-bond donors (Lipinski definition) is 1. The molecule has 0 fully saturated rings. The Kier molecular flexibility index (Phi) is 5.77. The first-order chi connectivity index (χ1) is 13.9. The minimum atomic E-state index is -1.36. The first kappa shape index (κ1) is 19.9. The summed E-state index contributed by atoms with van der Waals surface area (Å²) >= 11 is 0. The van der Waals surface area contributed by atoms with Crippen LogP contribution in [0.25, 0.3) is 0 Å². The lowest BCUT2D eigenvalue weighted by molar-refractivity contribution is -0.305. The highest BCUT2D eigenvalue weighted by atomic mass is 16.5. The van der Waals surface area contributed by atoms with Crippen LogP contribution in [0.2, 0.25) is 0 Å². The maximum Gasteiger partial charge on any atom is 0.262 e. The highest BCUT2D eigenvalue weighted by Gasteiger charge is 2.35. The van der Waals surface area contributed by atoms with Crippen molar-refractivity contribution < 1.29 is 33.8 Å². The SMILES string of the molecule is COc1ccc(OCC(=O)Nc2ccc3c(c2)C(=O)N(CCC(=O)[O-])C3=O)cc1. The molecule has 9 heteroatoms. The number of hydrogen-bond acceptors (Lipinski definition) is 7. The zero-order valence-corrected chi connectivity index (χ0v) is 15.5. The Hall–Kier alpha value is -3.88. The Balaban J connectivity index is 1.61. The number of carbonyl (C=O) groups is 4. The molecule has 0 saturated carbocycles. The number of carboxylic acid groups (broad SMARTS) is 1. The maximum atomic E-state index is 12.4. The van der Waals surface area contributed by atoms with E-state index in [1.165, 1.54) is 18.2 Å². The Morgan fingerprint density at radius 2 is 1.66 bits per heavy atom. The third kappa shape index (κ3) is 4.52. The largest absolute Gasteiger partial charge is 0.550 e. The smallest absolute Gasteiger partial charge is 0.262 e. The van der Waals surface area contributed by atoms with E-state index in [1.807, 2.05) is 0 Å². The molecule has 2 aromatic carbocycles. The molecule has 3 rings (SSSR count). The molecule has 29 heavy (non-hydrogen) atoms. The summed E-state index contributed by atoms with van der Waals surface area (Å²) in [6.45, 7) is -0.528. The number of nitrogens with one attached hydrogen (secondary N) is 1. The first-order valence-electron chi connectivity index (χ1n) is 8.66. The summed E-state index contributed by atoms with van der Waals surface area (Å²) in [6.07, 6.45) is -0.447. The van der Waals surface area contributed by atoms with Crippen LogP contribution in [0.3, 0.4) is 0 Å². The van der Waals surface area contributed by atoms with Crippen LogP contribution in [-0.4, -0.2) is 48.9 Å². The highest BCUT2D eigenvalue weighted by molar-refractivity contribution is 6.22. The lowest BCUT2D eigenvalue weighted by Gasteiger charge is -2.13. The molecule has 150 valence electrons. The standard InChI is InChI=1S/C20H18N2O7/c1-28-13-3-5-14(6-4-13)29-11-17(23)21-12-2-7-15-16(10-12)20(27)22(19(15)26)9-8-18(24)25/h2-7,10H,8-9,11H2,1H3,(H,21,23)(H,24,25)/p-1. The molecule has 0 bridgehead atoms. The molecule has 1 heterocycles. The number of ether oxygens (including phenoxy) is 2. The van der Waals surface area contributed by atoms with E-state index < -0.39 is 30.1 Å². The molecular weight excluding hydrogens is 380 g/mol. The fourth-order valence-corrected chi connectivity index (χ4v) is 2.79. The number of nitrogens with zero attached hydrogens (tertiary/aromatic N) is 1. The number of carboxylic acids is 1. The number of aliphatic carboxylic acids is 1. The molecule has 1 aliphatic rings. The molecule has 0 aromatic heterocycles. The van der Waals surface area contributed by atoms with Gasteiger partial charge in [-0.1, -0.05) is 0 Å². The van der Waals surface area contributed by atoms with Crippen LogP contribution in [0.5, 0.6) is 11.5 Å². The van der Waals surface area contributed by atoms with Crippen molar-refractivity contribution in [2.24, 2.45) is 0 Å². The summed E-state index contributed by atoms with van der Waals surface area (Å²) in [5.41, 5.74) is 0.568. The van der Waals surface area contributed by atoms with Crippen molar-refractivity contribution in [3.8, 4) is 11.5 Å². The zero-order valence-electron chi connectivity index (χ0n) is 15.5.